The molecule has 1 aromatic heterocycles. The summed E-state index contributed by atoms with van der Waals surface area (Å²) >= 11 is 0. The van der Waals surface area contributed by atoms with Gasteiger partial charge < -0.3 is 5.32 Å². The van der Waals surface area contributed by atoms with Gasteiger partial charge in [0, 0.05) is 25.0 Å². The molecule has 16 heavy (non-hydrogen) atoms. The lowest BCUT2D eigenvalue weighted by Gasteiger charge is -2.05. The summed E-state index contributed by atoms with van der Waals surface area (Å²) in [6, 6.07) is 2.21. The third kappa shape index (κ3) is 3.02. The van der Waals surface area contributed by atoms with E-state index >= 15 is 0 Å². The first kappa shape index (κ1) is 11.5. The number of rotatable bonds is 5. The van der Waals surface area contributed by atoms with Crippen molar-refractivity contribution in [3.05, 3.63) is 24.0 Å². The Labute approximate surface area is 96.0 Å². The molecule has 1 fully saturated rings. The molecule has 88 valence electrons. The third-order valence-corrected chi connectivity index (χ3v) is 4.27. The smallest absolute Gasteiger partial charge is 0.181 e. The first-order valence-corrected chi connectivity index (χ1v) is 7.11. The first-order valence-electron chi connectivity index (χ1n) is 5.46. The minimum Gasteiger partial charge on any atom is -0.313 e. The maximum atomic E-state index is 11.9. The van der Waals surface area contributed by atoms with Gasteiger partial charge in [0.15, 0.2) is 9.84 Å². The second-order valence-electron chi connectivity index (χ2n) is 4.25. The molecule has 0 bridgehead atoms. The van der Waals surface area contributed by atoms with Gasteiger partial charge in [-0.1, -0.05) is 0 Å². The quantitative estimate of drug-likeness (QED) is 0.831. The fraction of sp³-hybridized carbons (Fsp3) is 0.545. The molecule has 0 aliphatic heterocycles. The molecule has 1 heterocycles. The van der Waals surface area contributed by atoms with Crippen molar-refractivity contribution in [3.8, 4) is 0 Å². The number of aromatic nitrogens is 1. The van der Waals surface area contributed by atoms with Gasteiger partial charge in [0.05, 0.1) is 10.6 Å². The third-order valence-electron chi connectivity index (χ3n) is 2.59. The Bertz CT molecular complexity index is 467. The standard InChI is InChI=1S/C11H16N2O2S/c1-9-6-11(8-12-7-9)16(14,15)5-4-13-10-2-3-10/h6-8,10,13H,2-5H2,1H3. The molecule has 0 radical (unpaired) electrons. The molecule has 1 saturated carbocycles. The summed E-state index contributed by atoms with van der Waals surface area (Å²) in [5, 5.41) is 3.20. The number of aryl methyl sites for hydroxylation is 1. The summed E-state index contributed by atoms with van der Waals surface area (Å²) in [6.45, 7) is 2.37. The van der Waals surface area contributed by atoms with E-state index in [1.807, 2.05) is 6.92 Å². The normalized spacial score (nSPS) is 16.3. The van der Waals surface area contributed by atoms with E-state index in [9.17, 15) is 8.42 Å². The summed E-state index contributed by atoms with van der Waals surface area (Å²) < 4.78 is 23.8. The predicted molar refractivity (Wildman–Crippen MR) is 62.1 cm³/mol. The Morgan fingerprint density at radius 2 is 2.19 bits per heavy atom. The van der Waals surface area contributed by atoms with Crippen molar-refractivity contribution in [1.29, 1.82) is 0 Å². The van der Waals surface area contributed by atoms with Gasteiger partial charge in [0.25, 0.3) is 0 Å². The average molecular weight is 240 g/mol. The van der Waals surface area contributed by atoms with Crippen molar-refractivity contribution in [1.82, 2.24) is 10.3 Å². The van der Waals surface area contributed by atoms with Gasteiger partial charge in [-0.2, -0.15) is 0 Å². The Kier molecular flexibility index (Phi) is 3.25. The van der Waals surface area contributed by atoms with E-state index in [1.165, 1.54) is 19.0 Å². The molecule has 1 aliphatic rings. The highest BCUT2D eigenvalue weighted by Crippen LogP contribution is 2.18. The lowest BCUT2D eigenvalue weighted by molar-refractivity contribution is 0.590. The van der Waals surface area contributed by atoms with Crippen LogP contribution in [0.4, 0.5) is 0 Å². The van der Waals surface area contributed by atoms with Crippen molar-refractivity contribution in [2.24, 2.45) is 0 Å². The second-order valence-corrected chi connectivity index (χ2v) is 6.35. The minimum absolute atomic E-state index is 0.147. The molecule has 0 unspecified atom stereocenters. The van der Waals surface area contributed by atoms with Crippen LogP contribution in [0.25, 0.3) is 0 Å². The maximum absolute atomic E-state index is 11.9. The van der Waals surface area contributed by atoms with Crippen LogP contribution in [0.2, 0.25) is 0 Å². The van der Waals surface area contributed by atoms with E-state index in [0.717, 1.165) is 5.56 Å². The highest BCUT2D eigenvalue weighted by atomic mass is 32.2. The molecule has 5 heteroatoms. The van der Waals surface area contributed by atoms with E-state index in [-0.39, 0.29) is 5.75 Å². The number of hydrogen-bond donors (Lipinski definition) is 1. The van der Waals surface area contributed by atoms with Crippen molar-refractivity contribution in [3.63, 3.8) is 0 Å². The van der Waals surface area contributed by atoms with Gasteiger partial charge in [0.2, 0.25) is 0 Å². The molecule has 0 amide bonds. The molecule has 1 aliphatic carbocycles. The monoisotopic (exact) mass is 240 g/mol. The van der Waals surface area contributed by atoms with Crippen LogP contribution >= 0.6 is 0 Å². The molecule has 0 atom stereocenters. The fourth-order valence-corrected chi connectivity index (χ4v) is 2.71. The van der Waals surface area contributed by atoms with Gasteiger partial charge in [-0.15, -0.1) is 0 Å². The lowest BCUT2D eigenvalue weighted by Crippen LogP contribution is -2.24. The van der Waals surface area contributed by atoms with E-state index in [4.69, 9.17) is 0 Å². The van der Waals surface area contributed by atoms with Crippen LogP contribution in [0.5, 0.6) is 0 Å². The van der Waals surface area contributed by atoms with Gasteiger partial charge >= 0.3 is 0 Å². The maximum Gasteiger partial charge on any atom is 0.181 e. The largest absolute Gasteiger partial charge is 0.313 e. The molecular formula is C11H16N2O2S. The molecule has 1 aromatic rings. The predicted octanol–water partition coefficient (Wildman–Crippen LogP) is 0.916. The Morgan fingerprint density at radius 3 is 2.81 bits per heavy atom. The summed E-state index contributed by atoms with van der Waals surface area (Å²) in [7, 11) is -3.18. The molecule has 2 rings (SSSR count). The van der Waals surface area contributed by atoms with E-state index < -0.39 is 9.84 Å². The molecular weight excluding hydrogens is 224 g/mol. The molecule has 0 saturated heterocycles. The van der Waals surface area contributed by atoms with Crippen molar-refractivity contribution >= 4 is 9.84 Å². The zero-order valence-corrected chi connectivity index (χ0v) is 10.1. The minimum atomic E-state index is -3.18. The van der Waals surface area contributed by atoms with Gasteiger partial charge in [0.1, 0.15) is 0 Å². The van der Waals surface area contributed by atoms with E-state index in [0.29, 0.717) is 17.5 Å². The lowest BCUT2D eigenvalue weighted by atomic mass is 10.3. The van der Waals surface area contributed by atoms with Gasteiger partial charge in [-0.05, 0) is 31.4 Å². The Morgan fingerprint density at radius 1 is 1.44 bits per heavy atom. The van der Waals surface area contributed by atoms with E-state index in [1.54, 1.807) is 12.3 Å². The van der Waals surface area contributed by atoms with Crippen molar-refractivity contribution in [2.75, 3.05) is 12.3 Å². The van der Waals surface area contributed by atoms with E-state index in [2.05, 4.69) is 10.3 Å². The molecule has 0 aromatic carbocycles. The number of hydrogen-bond acceptors (Lipinski definition) is 4. The van der Waals surface area contributed by atoms with Crippen LogP contribution in [0, 0.1) is 6.92 Å². The van der Waals surface area contributed by atoms with Crippen LogP contribution in [0.15, 0.2) is 23.4 Å². The topological polar surface area (TPSA) is 59.1 Å². The Hall–Kier alpha value is -0.940. The highest BCUT2D eigenvalue weighted by Gasteiger charge is 2.21. The van der Waals surface area contributed by atoms with Gasteiger partial charge in [-0.25, -0.2) is 8.42 Å². The zero-order chi connectivity index (χ0) is 11.6. The highest BCUT2D eigenvalue weighted by molar-refractivity contribution is 7.91. The zero-order valence-electron chi connectivity index (χ0n) is 9.31. The van der Waals surface area contributed by atoms with Crippen molar-refractivity contribution in [2.45, 2.75) is 30.7 Å². The Balaban J connectivity index is 1.99. The van der Waals surface area contributed by atoms with Crippen LogP contribution < -0.4 is 5.32 Å². The average Bonchev–Trinajstić information content (AvgIpc) is 3.01. The van der Waals surface area contributed by atoms with Crippen LogP contribution in [-0.2, 0) is 9.84 Å². The van der Waals surface area contributed by atoms with Crippen LogP contribution in [0.3, 0.4) is 0 Å². The van der Waals surface area contributed by atoms with Gasteiger partial charge in [-0.3, -0.25) is 4.98 Å². The number of nitrogens with zero attached hydrogens (tertiary/aromatic N) is 1. The SMILES string of the molecule is Cc1cncc(S(=O)(=O)CCNC2CC2)c1. The summed E-state index contributed by atoms with van der Waals surface area (Å²) in [6.07, 6.45) is 5.42. The number of nitrogens with one attached hydrogen (secondary N) is 1. The molecule has 0 spiro atoms. The summed E-state index contributed by atoms with van der Waals surface area (Å²) in [5.74, 6) is 0.147. The van der Waals surface area contributed by atoms with Crippen LogP contribution in [-0.4, -0.2) is 31.7 Å². The number of pyridine rings is 1. The fourth-order valence-electron chi connectivity index (χ4n) is 1.50. The number of sulfone groups is 1. The van der Waals surface area contributed by atoms with Crippen LogP contribution in [0.1, 0.15) is 18.4 Å². The summed E-state index contributed by atoms with van der Waals surface area (Å²) in [4.78, 5) is 4.23. The molecule has 1 N–H and O–H groups in total. The first-order chi connectivity index (χ1) is 7.58. The van der Waals surface area contributed by atoms with Crippen molar-refractivity contribution < 1.29 is 8.42 Å². The molecule has 4 nitrogen and oxygen atoms in total. The second kappa shape index (κ2) is 4.51. The summed E-state index contributed by atoms with van der Waals surface area (Å²) in [5.41, 5.74) is 0.872.